The van der Waals surface area contributed by atoms with E-state index < -0.39 is 0 Å². The molecular weight excluding hydrogens is 389 g/mol. The number of nitrogens with zero attached hydrogens (tertiary/aromatic N) is 1. The second kappa shape index (κ2) is 10.7. The van der Waals surface area contributed by atoms with Crippen LogP contribution in [0.1, 0.15) is 25.0 Å². The zero-order valence-corrected chi connectivity index (χ0v) is 16.7. The minimum Gasteiger partial charge on any atom is -0.490 e. The summed E-state index contributed by atoms with van der Waals surface area (Å²) in [6.45, 7) is 5.12. The van der Waals surface area contributed by atoms with Crippen LogP contribution in [0.15, 0.2) is 41.5 Å². The molecule has 0 fully saturated rings. The summed E-state index contributed by atoms with van der Waals surface area (Å²) < 4.78 is 24.7. The van der Waals surface area contributed by atoms with Gasteiger partial charge in [-0.15, -0.1) is 0 Å². The van der Waals surface area contributed by atoms with Crippen molar-refractivity contribution in [3.05, 3.63) is 58.4 Å². The van der Waals surface area contributed by atoms with Crippen LogP contribution in [0.2, 0.25) is 5.02 Å². The lowest BCUT2D eigenvalue weighted by Gasteiger charge is -2.14. The van der Waals surface area contributed by atoms with Crippen molar-refractivity contribution >= 4 is 35.1 Å². The van der Waals surface area contributed by atoms with E-state index in [4.69, 9.17) is 33.3 Å². The second-order valence-corrected chi connectivity index (χ2v) is 6.23. The summed E-state index contributed by atoms with van der Waals surface area (Å²) in [6, 6.07) is 9.66. The third kappa shape index (κ3) is 6.69. The van der Waals surface area contributed by atoms with Gasteiger partial charge in [0.2, 0.25) is 0 Å². The van der Waals surface area contributed by atoms with Crippen molar-refractivity contribution in [3.8, 4) is 11.5 Å². The van der Waals surface area contributed by atoms with Crippen molar-refractivity contribution in [2.45, 2.75) is 20.5 Å². The molecule has 0 heterocycles. The maximum atomic E-state index is 13.3. The Labute approximate surface area is 168 Å². The predicted molar refractivity (Wildman–Crippen MR) is 110 cm³/mol. The van der Waals surface area contributed by atoms with Gasteiger partial charge in [-0.2, -0.15) is 5.10 Å². The van der Waals surface area contributed by atoms with Gasteiger partial charge in [-0.05, 0) is 61.5 Å². The molecule has 27 heavy (non-hydrogen) atoms. The van der Waals surface area contributed by atoms with Gasteiger partial charge in [0.25, 0.3) is 0 Å². The van der Waals surface area contributed by atoms with Crippen LogP contribution in [0.5, 0.6) is 11.5 Å². The summed E-state index contributed by atoms with van der Waals surface area (Å²) in [5.41, 5.74) is 4.12. The first-order valence-electron chi connectivity index (χ1n) is 8.44. The average Bonchev–Trinajstić information content (AvgIpc) is 2.61. The Balaban J connectivity index is 2.15. The Morgan fingerprint density at radius 1 is 1.26 bits per heavy atom. The van der Waals surface area contributed by atoms with Gasteiger partial charge >= 0.3 is 0 Å². The van der Waals surface area contributed by atoms with Crippen LogP contribution >= 0.6 is 23.8 Å². The molecule has 0 bridgehead atoms. The molecule has 8 heteroatoms. The van der Waals surface area contributed by atoms with Gasteiger partial charge < -0.3 is 14.8 Å². The standard InChI is InChI=1S/C19H21ClFN3O2S/c1-3-22-19(27)24-23-11-14-9-16(20)18(17(10-14)25-4-2)26-12-13-6-5-7-15(21)8-13/h5-11H,3-4,12H2,1-2H3,(H2,22,24,27)/b23-11-. The molecule has 0 aliphatic rings. The highest BCUT2D eigenvalue weighted by atomic mass is 35.5. The van der Waals surface area contributed by atoms with E-state index in [1.54, 1.807) is 30.5 Å². The van der Waals surface area contributed by atoms with Crippen LogP contribution in [-0.2, 0) is 6.61 Å². The summed E-state index contributed by atoms with van der Waals surface area (Å²) in [4.78, 5) is 0. The number of nitrogens with one attached hydrogen (secondary N) is 2. The minimum absolute atomic E-state index is 0.170. The Hall–Kier alpha value is -2.38. The number of benzene rings is 2. The molecule has 2 aromatic rings. The zero-order valence-electron chi connectivity index (χ0n) is 15.1. The van der Waals surface area contributed by atoms with Crippen LogP contribution in [0.3, 0.4) is 0 Å². The first kappa shape index (κ1) is 20.9. The molecule has 0 radical (unpaired) electrons. The normalized spacial score (nSPS) is 10.7. The fraction of sp³-hybridized carbons (Fsp3) is 0.263. The number of ether oxygens (including phenoxy) is 2. The van der Waals surface area contributed by atoms with Crippen molar-refractivity contribution in [2.75, 3.05) is 13.2 Å². The van der Waals surface area contributed by atoms with Crippen LogP contribution < -0.4 is 20.2 Å². The van der Waals surface area contributed by atoms with Crippen molar-refractivity contribution in [1.82, 2.24) is 10.7 Å². The van der Waals surface area contributed by atoms with Crippen molar-refractivity contribution < 1.29 is 13.9 Å². The molecule has 2 rings (SSSR count). The van der Waals surface area contributed by atoms with Crippen molar-refractivity contribution in [1.29, 1.82) is 0 Å². The molecule has 0 aliphatic carbocycles. The fourth-order valence-corrected chi connectivity index (χ4v) is 2.68. The predicted octanol–water partition coefficient (Wildman–Crippen LogP) is 4.27. The number of halogens is 2. The van der Waals surface area contributed by atoms with E-state index in [0.717, 1.165) is 0 Å². The van der Waals surface area contributed by atoms with E-state index >= 15 is 0 Å². The van der Waals surface area contributed by atoms with Gasteiger partial charge in [-0.3, -0.25) is 5.43 Å². The van der Waals surface area contributed by atoms with Gasteiger partial charge in [0.15, 0.2) is 16.6 Å². The molecule has 2 N–H and O–H groups in total. The van der Waals surface area contributed by atoms with E-state index in [1.165, 1.54) is 12.1 Å². The SMILES string of the molecule is CCNC(=S)N/N=C\c1cc(Cl)c(OCc2cccc(F)c2)c(OCC)c1. The maximum absolute atomic E-state index is 13.3. The summed E-state index contributed by atoms with van der Waals surface area (Å²) in [5, 5.41) is 7.79. The third-order valence-electron chi connectivity index (χ3n) is 3.32. The van der Waals surface area contributed by atoms with Gasteiger partial charge in [0.05, 0.1) is 17.8 Å². The van der Waals surface area contributed by atoms with E-state index in [-0.39, 0.29) is 12.4 Å². The van der Waals surface area contributed by atoms with Crippen molar-refractivity contribution in [2.24, 2.45) is 5.10 Å². The smallest absolute Gasteiger partial charge is 0.186 e. The molecule has 0 atom stereocenters. The molecular formula is C19H21ClFN3O2S. The molecule has 0 saturated carbocycles. The van der Waals surface area contributed by atoms with E-state index in [2.05, 4.69) is 15.8 Å². The Morgan fingerprint density at radius 2 is 2.07 bits per heavy atom. The molecule has 0 aromatic heterocycles. The molecule has 0 aliphatic heterocycles. The van der Waals surface area contributed by atoms with E-state index in [9.17, 15) is 4.39 Å². The molecule has 0 unspecified atom stereocenters. The number of rotatable bonds is 8. The van der Waals surface area contributed by atoms with Crippen LogP contribution in [-0.4, -0.2) is 24.5 Å². The Kier molecular flexibility index (Phi) is 8.29. The lowest BCUT2D eigenvalue weighted by Crippen LogP contribution is -2.31. The summed E-state index contributed by atoms with van der Waals surface area (Å²) in [6.07, 6.45) is 1.58. The highest BCUT2D eigenvalue weighted by molar-refractivity contribution is 7.80. The van der Waals surface area contributed by atoms with Gasteiger partial charge in [0.1, 0.15) is 12.4 Å². The lowest BCUT2D eigenvalue weighted by atomic mass is 10.2. The average molecular weight is 410 g/mol. The summed E-state index contributed by atoms with van der Waals surface area (Å²) in [7, 11) is 0. The molecule has 0 saturated heterocycles. The maximum Gasteiger partial charge on any atom is 0.186 e. The third-order valence-corrected chi connectivity index (χ3v) is 3.84. The lowest BCUT2D eigenvalue weighted by molar-refractivity contribution is 0.269. The second-order valence-electron chi connectivity index (χ2n) is 5.41. The quantitative estimate of drug-likeness (QED) is 0.387. The fourth-order valence-electron chi connectivity index (χ4n) is 2.21. The topological polar surface area (TPSA) is 54.9 Å². The first-order valence-corrected chi connectivity index (χ1v) is 9.22. The number of hydrazone groups is 1. The largest absolute Gasteiger partial charge is 0.490 e. The highest BCUT2D eigenvalue weighted by Gasteiger charge is 2.12. The highest BCUT2D eigenvalue weighted by Crippen LogP contribution is 2.37. The molecule has 144 valence electrons. The zero-order chi connectivity index (χ0) is 19.6. The number of hydrogen-bond donors (Lipinski definition) is 2. The molecule has 0 spiro atoms. The van der Waals surface area contributed by atoms with Crippen LogP contribution in [0.25, 0.3) is 0 Å². The number of hydrogen-bond acceptors (Lipinski definition) is 4. The van der Waals surface area contributed by atoms with Gasteiger partial charge in [-0.1, -0.05) is 23.7 Å². The molecule has 5 nitrogen and oxygen atoms in total. The van der Waals surface area contributed by atoms with Gasteiger partial charge in [0, 0.05) is 6.54 Å². The molecule has 2 aromatic carbocycles. The van der Waals surface area contributed by atoms with Crippen molar-refractivity contribution in [3.63, 3.8) is 0 Å². The number of thiocarbonyl (C=S) groups is 1. The van der Waals surface area contributed by atoms with Crippen LogP contribution in [0.4, 0.5) is 4.39 Å². The van der Waals surface area contributed by atoms with E-state index in [0.29, 0.717) is 45.9 Å². The monoisotopic (exact) mass is 409 g/mol. The van der Waals surface area contributed by atoms with Crippen LogP contribution in [0, 0.1) is 5.82 Å². The van der Waals surface area contributed by atoms with E-state index in [1.807, 2.05) is 13.8 Å². The Morgan fingerprint density at radius 3 is 2.78 bits per heavy atom. The van der Waals surface area contributed by atoms with Gasteiger partial charge in [-0.25, -0.2) is 4.39 Å². The molecule has 0 amide bonds. The summed E-state index contributed by atoms with van der Waals surface area (Å²) >= 11 is 11.4. The minimum atomic E-state index is -0.318. The Bertz CT molecular complexity index is 818. The first-order chi connectivity index (χ1) is 13.0. The summed E-state index contributed by atoms with van der Waals surface area (Å²) in [5.74, 6) is 0.565.